The zero-order valence-corrected chi connectivity index (χ0v) is 13.5. The van der Waals surface area contributed by atoms with Gasteiger partial charge < -0.3 is 4.90 Å². The third kappa shape index (κ3) is 3.08. The van der Waals surface area contributed by atoms with Gasteiger partial charge in [-0.3, -0.25) is 9.78 Å². The molecular weight excluding hydrogens is 316 g/mol. The standard InChI is InChI=1S/C18H16N6O/c25-18(13-1-5-19-6-2-13)24-7-3-15-16(4-8-24)22-12-23-17(15)14-9-20-11-21-10-14/h1-2,5-6,9-12H,3-4,7-8H2. The van der Waals surface area contributed by atoms with E-state index in [0.29, 0.717) is 31.5 Å². The van der Waals surface area contributed by atoms with E-state index in [0.717, 1.165) is 22.5 Å². The number of amides is 1. The second-order valence-electron chi connectivity index (χ2n) is 5.80. The van der Waals surface area contributed by atoms with E-state index in [2.05, 4.69) is 24.9 Å². The SMILES string of the molecule is O=C(c1ccncc1)N1CCc2ncnc(-c3cncnc3)c2CC1. The van der Waals surface area contributed by atoms with E-state index < -0.39 is 0 Å². The van der Waals surface area contributed by atoms with Crippen LogP contribution >= 0.6 is 0 Å². The average molecular weight is 332 g/mol. The van der Waals surface area contributed by atoms with Crippen LogP contribution in [-0.2, 0) is 12.8 Å². The van der Waals surface area contributed by atoms with Crippen LogP contribution in [0.2, 0.25) is 0 Å². The van der Waals surface area contributed by atoms with Crippen molar-refractivity contribution in [1.82, 2.24) is 29.8 Å². The molecule has 0 fully saturated rings. The van der Waals surface area contributed by atoms with Crippen LogP contribution in [0.5, 0.6) is 0 Å². The van der Waals surface area contributed by atoms with Crippen molar-refractivity contribution in [1.29, 1.82) is 0 Å². The predicted molar refractivity (Wildman–Crippen MR) is 90.6 cm³/mol. The molecule has 0 saturated carbocycles. The van der Waals surface area contributed by atoms with Gasteiger partial charge in [-0.1, -0.05) is 0 Å². The van der Waals surface area contributed by atoms with Crippen molar-refractivity contribution >= 4 is 5.91 Å². The molecule has 7 heteroatoms. The Balaban J connectivity index is 1.61. The summed E-state index contributed by atoms with van der Waals surface area (Å²) in [5, 5.41) is 0. The third-order valence-electron chi connectivity index (χ3n) is 4.33. The first-order valence-corrected chi connectivity index (χ1v) is 8.10. The lowest BCUT2D eigenvalue weighted by Gasteiger charge is -2.20. The van der Waals surface area contributed by atoms with Crippen molar-refractivity contribution in [2.75, 3.05) is 13.1 Å². The fourth-order valence-corrected chi connectivity index (χ4v) is 3.08. The maximum atomic E-state index is 12.7. The number of carbonyl (C=O) groups is 1. The van der Waals surface area contributed by atoms with Crippen LogP contribution in [-0.4, -0.2) is 48.8 Å². The normalized spacial score (nSPS) is 13.8. The molecule has 0 unspecified atom stereocenters. The number of nitrogens with zero attached hydrogens (tertiary/aromatic N) is 6. The lowest BCUT2D eigenvalue weighted by atomic mass is 10.0. The monoisotopic (exact) mass is 332 g/mol. The third-order valence-corrected chi connectivity index (χ3v) is 4.33. The number of hydrogen-bond acceptors (Lipinski definition) is 6. The Kier molecular flexibility index (Phi) is 4.12. The van der Waals surface area contributed by atoms with Crippen molar-refractivity contribution in [3.8, 4) is 11.3 Å². The van der Waals surface area contributed by atoms with Crippen LogP contribution in [0.25, 0.3) is 11.3 Å². The molecule has 0 N–H and O–H groups in total. The molecule has 124 valence electrons. The lowest BCUT2D eigenvalue weighted by Crippen LogP contribution is -2.33. The number of carbonyl (C=O) groups excluding carboxylic acids is 1. The summed E-state index contributed by atoms with van der Waals surface area (Å²) in [6.07, 6.45) is 11.3. The maximum absolute atomic E-state index is 12.7. The smallest absolute Gasteiger partial charge is 0.253 e. The Labute approximate surface area is 144 Å². The van der Waals surface area contributed by atoms with Crippen LogP contribution in [0.3, 0.4) is 0 Å². The van der Waals surface area contributed by atoms with E-state index >= 15 is 0 Å². The van der Waals surface area contributed by atoms with Crippen LogP contribution in [0.15, 0.2) is 49.6 Å². The Morgan fingerprint density at radius 2 is 1.68 bits per heavy atom. The number of aromatic nitrogens is 5. The van der Waals surface area contributed by atoms with Crippen LogP contribution in [0.4, 0.5) is 0 Å². The lowest BCUT2D eigenvalue weighted by molar-refractivity contribution is 0.0763. The molecule has 0 atom stereocenters. The van der Waals surface area contributed by atoms with Crippen molar-refractivity contribution in [2.45, 2.75) is 12.8 Å². The minimum Gasteiger partial charge on any atom is -0.338 e. The molecule has 1 amide bonds. The average Bonchev–Trinajstić information content (AvgIpc) is 2.91. The Bertz CT molecular complexity index is 885. The van der Waals surface area contributed by atoms with E-state index in [9.17, 15) is 4.79 Å². The van der Waals surface area contributed by atoms with Gasteiger partial charge >= 0.3 is 0 Å². The van der Waals surface area contributed by atoms with E-state index in [1.165, 1.54) is 6.33 Å². The second-order valence-corrected chi connectivity index (χ2v) is 5.80. The Morgan fingerprint density at radius 3 is 2.48 bits per heavy atom. The fourth-order valence-electron chi connectivity index (χ4n) is 3.08. The zero-order chi connectivity index (χ0) is 17.1. The predicted octanol–water partition coefficient (Wildman–Crippen LogP) is 1.57. The summed E-state index contributed by atoms with van der Waals surface area (Å²) in [6.45, 7) is 1.26. The van der Waals surface area contributed by atoms with Crippen molar-refractivity contribution < 1.29 is 4.79 Å². The van der Waals surface area contributed by atoms with Crippen LogP contribution in [0, 0.1) is 0 Å². The summed E-state index contributed by atoms with van der Waals surface area (Å²) in [4.78, 5) is 35.5. The zero-order valence-electron chi connectivity index (χ0n) is 13.5. The largest absolute Gasteiger partial charge is 0.338 e. The molecule has 0 aromatic carbocycles. The molecular formula is C18H16N6O. The first kappa shape index (κ1) is 15.3. The Morgan fingerprint density at radius 1 is 0.920 bits per heavy atom. The van der Waals surface area contributed by atoms with Gasteiger partial charge in [0, 0.05) is 66.7 Å². The molecule has 3 aromatic heterocycles. The summed E-state index contributed by atoms with van der Waals surface area (Å²) in [5.74, 6) is 0.0211. The molecule has 0 aliphatic carbocycles. The molecule has 0 saturated heterocycles. The van der Waals surface area contributed by atoms with Gasteiger partial charge in [0.15, 0.2) is 0 Å². The van der Waals surface area contributed by atoms with E-state index in [1.807, 2.05) is 4.90 Å². The van der Waals surface area contributed by atoms with Gasteiger partial charge in [-0.15, -0.1) is 0 Å². The van der Waals surface area contributed by atoms with Gasteiger partial charge in [0.1, 0.15) is 12.7 Å². The van der Waals surface area contributed by atoms with Gasteiger partial charge in [-0.05, 0) is 18.6 Å². The van der Waals surface area contributed by atoms with Crippen molar-refractivity contribution in [2.24, 2.45) is 0 Å². The van der Waals surface area contributed by atoms with Gasteiger partial charge in [-0.2, -0.15) is 0 Å². The van der Waals surface area contributed by atoms with E-state index in [1.54, 1.807) is 43.2 Å². The van der Waals surface area contributed by atoms with Crippen molar-refractivity contribution in [3.05, 3.63) is 66.4 Å². The van der Waals surface area contributed by atoms with Gasteiger partial charge in [0.25, 0.3) is 5.91 Å². The highest BCUT2D eigenvalue weighted by Crippen LogP contribution is 2.25. The van der Waals surface area contributed by atoms with Gasteiger partial charge in [-0.25, -0.2) is 19.9 Å². The number of rotatable bonds is 2. The van der Waals surface area contributed by atoms with E-state index in [4.69, 9.17) is 0 Å². The number of hydrogen-bond donors (Lipinski definition) is 0. The van der Waals surface area contributed by atoms with Gasteiger partial charge in [0.2, 0.25) is 0 Å². The molecule has 4 rings (SSSR count). The number of fused-ring (bicyclic) bond motifs is 1. The van der Waals surface area contributed by atoms with Crippen LogP contribution in [0.1, 0.15) is 21.6 Å². The molecule has 1 aliphatic rings. The highest BCUT2D eigenvalue weighted by molar-refractivity contribution is 5.94. The first-order chi connectivity index (χ1) is 12.3. The highest BCUT2D eigenvalue weighted by Gasteiger charge is 2.23. The molecule has 7 nitrogen and oxygen atoms in total. The molecule has 25 heavy (non-hydrogen) atoms. The summed E-state index contributed by atoms with van der Waals surface area (Å²) < 4.78 is 0. The summed E-state index contributed by atoms with van der Waals surface area (Å²) in [5.41, 5.74) is 4.43. The van der Waals surface area contributed by atoms with Gasteiger partial charge in [0.05, 0.1) is 5.69 Å². The quantitative estimate of drug-likeness (QED) is 0.708. The molecule has 4 heterocycles. The van der Waals surface area contributed by atoms with Crippen LogP contribution < -0.4 is 0 Å². The highest BCUT2D eigenvalue weighted by atomic mass is 16.2. The summed E-state index contributed by atoms with van der Waals surface area (Å²) >= 11 is 0. The molecule has 1 aliphatic heterocycles. The molecule has 0 radical (unpaired) electrons. The summed E-state index contributed by atoms with van der Waals surface area (Å²) in [6, 6.07) is 3.49. The first-order valence-electron chi connectivity index (χ1n) is 8.10. The maximum Gasteiger partial charge on any atom is 0.253 e. The summed E-state index contributed by atoms with van der Waals surface area (Å²) in [7, 11) is 0. The second kappa shape index (κ2) is 6.72. The Hall–Kier alpha value is -3.22. The number of pyridine rings is 1. The fraction of sp³-hybridized carbons (Fsp3) is 0.222. The molecule has 0 spiro atoms. The molecule has 0 bridgehead atoms. The molecule has 3 aromatic rings. The minimum absolute atomic E-state index is 0.0211. The van der Waals surface area contributed by atoms with E-state index in [-0.39, 0.29) is 5.91 Å². The topological polar surface area (TPSA) is 84.8 Å². The van der Waals surface area contributed by atoms with Crippen molar-refractivity contribution in [3.63, 3.8) is 0 Å². The minimum atomic E-state index is 0.0211.